The molecule has 8 heteroatoms. The number of hydrogen-bond acceptors (Lipinski definition) is 5. The first-order valence-corrected chi connectivity index (χ1v) is 10.6. The second-order valence-electron chi connectivity index (χ2n) is 8.76. The van der Waals surface area contributed by atoms with Crippen LogP contribution in [0.25, 0.3) is 0 Å². The van der Waals surface area contributed by atoms with Crippen LogP contribution < -0.4 is 16.0 Å². The molecule has 4 bridgehead atoms. The zero-order valence-electron chi connectivity index (χ0n) is 14.8. The zero-order valence-corrected chi connectivity index (χ0v) is 15.6. The Morgan fingerprint density at radius 3 is 2.31 bits per heavy atom. The molecule has 3 amide bonds. The van der Waals surface area contributed by atoms with Crippen molar-refractivity contribution in [2.24, 2.45) is 17.8 Å². The SMILES string of the molecule is O=C(CNC(=O)NC1CC1)Nc1nnc(C23CC4CC(CC(C4)C2)C3)s1. The van der Waals surface area contributed by atoms with Gasteiger partial charge in [-0.25, -0.2) is 4.79 Å². The van der Waals surface area contributed by atoms with Crippen LogP contribution in [-0.4, -0.2) is 34.7 Å². The average Bonchev–Trinajstić information content (AvgIpc) is 3.26. The van der Waals surface area contributed by atoms with Crippen molar-refractivity contribution >= 4 is 28.4 Å². The van der Waals surface area contributed by atoms with Gasteiger partial charge in [0.1, 0.15) is 5.01 Å². The minimum atomic E-state index is -0.283. The van der Waals surface area contributed by atoms with E-state index in [2.05, 4.69) is 26.1 Å². The number of carbonyl (C=O) groups is 2. The molecular weight excluding hydrogens is 350 g/mol. The molecule has 26 heavy (non-hydrogen) atoms. The minimum absolute atomic E-state index is 0.0508. The quantitative estimate of drug-likeness (QED) is 0.736. The number of nitrogens with one attached hydrogen (secondary N) is 3. The van der Waals surface area contributed by atoms with E-state index in [0.717, 1.165) is 35.6 Å². The van der Waals surface area contributed by atoms with Crippen LogP contribution in [0.15, 0.2) is 0 Å². The van der Waals surface area contributed by atoms with Crippen molar-refractivity contribution in [3.8, 4) is 0 Å². The van der Waals surface area contributed by atoms with Gasteiger partial charge in [-0.15, -0.1) is 10.2 Å². The van der Waals surface area contributed by atoms with Crippen molar-refractivity contribution in [3.05, 3.63) is 5.01 Å². The van der Waals surface area contributed by atoms with Gasteiger partial charge in [0, 0.05) is 11.5 Å². The van der Waals surface area contributed by atoms with E-state index in [1.165, 1.54) is 49.9 Å². The second-order valence-corrected chi connectivity index (χ2v) is 9.74. The molecule has 0 unspecified atom stereocenters. The van der Waals surface area contributed by atoms with E-state index < -0.39 is 0 Å². The third kappa shape index (κ3) is 3.19. The number of rotatable bonds is 5. The van der Waals surface area contributed by atoms with Gasteiger partial charge in [0.05, 0.1) is 6.54 Å². The molecule has 0 atom stereocenters. The van der Waals surface area contributed by atoms with E-state index >= 15 is 0 Å². The van der Waals surface area contributed by atoms with Crippen LogP contribution in [0.1, 0.15) is 56.4 Å². The highest BCUT2D eigenvalue weighted by molar-refractivity contribution is 7.15. The van der Waals surface area contributed by atoms with Gasteiger partial charge >= 0.3 is 6.03 Å². The molecule has 1 aromatic heterocycles. The minimum Gasteiger partial charge on any atom is -0.335 e. The fraction of sp³-hybridized carbons (Fsp3) is 0.778. The molecule has 5 aliphatic rings. The summed E-state index contributed by atoms with van der Waals surface area (Å²) in [5.41, 5.74) is 0.206. The summed E-state index contributed by atoms with van der Waals surface area (Å²) in [4.78, 5) is 23.6. The van der Waals surface area contributed by atoms with Crippen molar-refractivity contribution < 1.29 is 9.59 Å². The Morgan fingerprint density at radius 1 is 1.04 bits per heavy atom. The lowest BCUT2D eigenvalue weighted by Crippen LogP contribution is -2.48. The molecular formula is C18H25N5O2S. The average molecular weight is 375 g/mol. The Morgan fingerprint density at radius 2 is 1.69 bits per heavy atom. The molecule has 1 heterocycles. The van der Waals surface area contributed by atoms with E-state index in [1.54, 1.807) is 0 Å². The van der Waals surface area contributed by atoms with Crippen molar-refractivity contribution in [3.63, 3.8) is 0 Å². The van der Waals surface area contributed by atoms with Gasteiger partial charge in [0.25, 0.3) is 0 Å². The monoisotopic (exact) mass is 375 g/mol. The Labute approximate surface area is 156 Å². The van der Waals surface area contributed by atoms with Crippen LogP contribution in [0.5, 0.6) is 0 Å². The summed E-state index contributed by atoms with van der Waals surface area (Å²) in [5.74, 6) is 2.32. The molecule has 0 saturated heterocycles. The standard InChI is InChI=1S/C18H25N5O2S/c24-14(9-19-16(25)20-13-1-2-13)21-17-23-22-15(26-17)18-6-10-3-11(7-18)5-12(4-10)8-18/h10-13H,1-9H2,(H2,19,20,25)(H,21,23,24). The predicted molar refractivity (Wildman–Crippen MR) is 97.9 cm³/mol. The van der Waals surface area contributed by atoms with Gasteiger partial charge in [-0.1, -0.05) is 11.3 Å². The lowest BCUT2D eigenvalue weighted by atomic mass is 9.50. The fourth-order valence-corrected chi connectivity index (χ4v) is 6.63. The van der Waals surface area contributed by atoms with E-state index in [9.17, 15) is 9.59 Å². The summed E-state index contributed by atoms with van der Waals surface area (Å²) in [5, 5.41) is 18.5. The maximum atomic E-state index is 12.1. The molecule has 0 aromatic carbocycles. The maximum absolute atomic E-state index is 12.1. The lowest BCUT2D eigenvalue weighted by Gasteiger charge is -2.55. The molecule has 5 saturated carbocycles. The van der Waals surface area contributed by atoms with Crippen LogP contribution in [0.4, 0.5) is 9.93 Å². The highest BCUT2D eigenvalue weighted by Gasteiger charge is 2.53. The number of carbonyl (C=O) groups excluding carboxylic acids is 2. The third-order valence-electron chi connectivity index (χ3n) is 6.49. The highest BCUT2D eigenvalue weighted by Crippen LogP contribution is 2.61. The Kier molecular flexibility index (Phi) is 3.92. The van der Waals surface area contributed by atoms with Gasteiger partial charge in [-0.2, -0.15) is 0 Å². The van der Waals surface area contributed by atoms with Gasteiger partial charge in [0.15, 0.2) is 0 Å². The van der Waals surface area contributed by atoms with Crippen molar-refractivity contribution in [2.75, 3.05) is 11.9 Å². The number of amides is 3. The lowest BCUT2D eigenvalue weighted by molar-refractivity contribution is -0.115. The first kappa shape index (κ1) is 16.5. The molecule has 0 radical (unpaired) electrons. The van der Waals surface area contributed by atoms with Crippen LogP contribution in [0.3, 0.4) is 0 Å². The van der Waals surface area contributed by atoms with E-state index in [0.29, 0.717) is 5.13 Å². The predicted octanol–water partition coefficient (Wildman–Crippen LogP) is 2.41. The number of aromatic nitrogens is 2. The number of hydrogen-bond donors (Lipinski definition) is 3. The van der Waals surface area contributed by atoms with Crippen molar-refractivity contribution in [1.29, 1.82) is 0 Å². The van der Waals surface area contributed by atoms with Crippen molar-refractivity contribution in [2.45, 2.75) is 62.8 Å². The fourth-order valence-electron chi connectivity index (χ4n) is 5.65. The second kappa shape index (κ2) is 6.18. The number of nitrogens with zero attached hydrogens (tertiary/aromatic N) is 2. The van der Waals surface area contributed by atoms with Crippen LogP contribution in [0.2, 0.25) is 0 Å². The molecule has 3 N–H and O–H groups in total. The number of urea groups is 1. The molecule has 5 fully saturated rings. The topological polar surface area (TPSA) is 96.0 Å². The molecule has 5 aliphatic carbocycles. The van der Waals surface area contributed by atoms with Gasteiger partial charge in [-0.3, -0.25) is 10.1 Å². The summed E-state index contributed by atoms with van der Waals surface area (Å²) in [6.45, 7) is -0.0508. The first-order valence-electron chi connectivity index (χ1n) is 9.76. The summed E-state index contributed by atoms with van der Waals surface area (Å²) < 4.78 is 0. The molecule has 6 rings (SSSR count). The maximum Gasteiger partial charge on any atom is 0.315 e. The summed E-state index contributed by atoms with van der Waals surface area (Å²) in [6, 6.07) is -0.00164. The Balaban J connectivity index is 1.19. The summed E-state index contributed by atoms with van der Waals surface area (Å²) in [6.07, 6.45) is 9.97. The van der Waals surface area contributed by atoms with Gasteiger partial charge < -0.3 is 10.6 Å². The molecule has 0 aliphatic heterocycles. The molecule has 0 spiro atoms. The van der Waals surface area contributed by atoms with Crippen LogP contribution in [-0.2, 0) is 10.2 Å². The first-order chi connectivity index (χ1) is 12.6. The number of anilines is 1. The largest absolute Gasteiger partial charge is 0.335 e. The van der Waals surface area contributed by atoms with E-state index in [1.807, 2.05) is 0 Å². The summed E-state index contributed by atoms with van der Waals surface area (Å²) in [7, 11) is 0. The van der Waals surface area contributed by atoms with Gasteiger partial charge in [0.2, 0.25) is 11.0 Å². The third-order valence-corrected chi connectivity index (χ3v) is 7.57. The molecule has 140 valence electrons. The Bertz CT molecular complexity index is 694. The smallest absolute Gasteiger partial charge is 0.315 e. The normalized spacial score (nSPS) is 34.5. The highest BCUT2D eigenvalue weighted by atomic mass is 32.1. The summed E-state index contributed by atoms with van der Waals surface area (Å²) >= 11 is 1.52. The van der Waals surface area contributed by atoms with Crippen LogP contribution >= 0.6 is 11.3 Å². The van der Waals surface area contributed by atoms with E-state index in [4.69, 9.17) is 0 Å². The van der Waals surface area contributed by atoms with Gasteiger partial charge in [-0.05, 0) is 69.1 Å². The van der Waals surface area contributed by atoms with Crippen LogP contribution in [0, 0.1) is 17.8 Å². The molecule has 7 nitrogen and oxygen atoms in total. The molecule has 1 aromatic rings. The van der Waals surface area contributed by atoms with E-state index in [-0.39, 0.29) is 29.9 Å². The zero-order chi connectivity index (χ0) is 17.7. The van der Waals surface area contributed by atoms with Crippen molar-refractivity contribution in [1.82, 2.24) is 20.8 Å². The Hall–Kier alpha value is -1.70.